The molecule has 8 aliphatic rings. The second-order valence-electron chi connectivity index (χ2n) is 37.6. The molecule has 1 atom stereocenters. The van der Waals surface area contributed by atoms with Crippen molar-refractivity contribution in [2.45, 2.75) is 60.8 Å². The second-order valence-corrected chi connectivity index (χ2v) is 43.0. The number of hydrogen-bond acceptors (Lipinski definition) is 8. The molecule has 4 aliphatic heterocycles. The first kappa shape index (κ1) is 77.9. The van der Waals surface area contributed by atoms with Gasteiger partial charge in [-0.25, -0.2) is 0 Å². The van der Waals surface area contributed by atoms with Crippen molar-refractivity contribution in [1.29, 1.82) is 0 Å². The van der Waals surface area contributed by atoms with Crippen LogP contribution in [0.1, 0.15) is 89.0 Å². The van der Waals surface area contributed by atoms with Crippen molar-refractivity contribution in [3.8, 4) is 66.8 Å². The van der Waals surface area contributed by atoms with Gasteiger partial charge in [0.2, 0.25) is 0 Å². The standard InChI is InChI=1S/C130H76N2OS5/c1-6-36-97-86(28-1)90-67-63-80(73-109(90)127(97)101-40-10-18-50-116(101)135-117-51-19-11-41-102(117)127)131(81-64-68-91-87-29-2-7-37-98(87)128(110(91)74-81)103-42-12-20-52-118(103)136-119-53-21-13-43-104(119)128)79-61-58-77(59-62-79)84-33-25-35-94-96-72-78(60-71-114(96)133-125(84)94)85-34-26-47-108-126(85)138-122-56-24-16-46-107(122)130(108)100-39-9-4-31-89(100)93-70-66-83(76-112(93)130)132(113-48-27-57-123-124(113)95-32-5-17-49-115(95)134-123)82-65-69-92-88-30-3-8-38-99(88)129(111(92)75-82)105-44-14-22-54-120(105)137-121-55-23-15-45-106(121)129/h1-76H. The zero-order valence-electron chi connectivity index (χ0n) is 74.2. The number of nitrogens with zero attached hydrogens (tertiary/aromatic N) is 2. The molecule has 0 saturated carbocycles. The van der Waals surface area contributed by atoms with Gasteiger partial charge in [-0.3, -0.25) is 0 Å². The lowest BCUT2D eigenvalue weighted by Gasteiger charge is -2.41. The van der Waals surface area contributed by atoms with Gasteiger partial charge in [0.1, 0.15) is 11.2 Å². The van der Waals surface area contributed by atoms with Gasteiger partial charge in [-0.05, 0) is 284 Å². The summed E-state index contributed by atoms with van der Waals surface area (Å²) >= 11 is 9.45. The summed E-state index contributed by atoms with van der Waals surface area (Å²) in [6.45, 7) is 0. The highest BCUT2D eigenvalue weighted by atomic mass is 32.2. The lowest BCUT2D eigenvalue weighted by Crippen LogP contribution is -2.32. The molecule has 6 heterocycles. The van der Waals surface area contributed by atoms with Crippen LogP contribution in [-0.4, -0.2) is 0 Å². The Hall–Kier alpha value is -15.4. The second kappa shape index (κ2) is 29.1. The van der Waals surface area contributed by atoms with E-state index in [4.69, 9.17) is 4.42 Å². The minimum Gasteiger partial charge on any atom is -0.455 e. The number of thiophene rings is 1. The molecule has 0 amide bonds. The number of benzene rings is 21. The van der Waals surface area contributed by atoms with Gasteiger partial charge in [0.15, 0.2) is 0 Å². The van der Waals surface area contributed by atoms with E-state index in [1.165, 1.54) is 198 Å². The molecule has 0 saturated heterocycles. The van der Waals surface area contributed by atoms with Gasteiger partial charge >= 0.3 is 0 Å². The van der Waals surface area contributed by atoms with E-state index in [0.717, 1.165) is 72.8 Å². The van der Waals surface area contributed by atoms with Gasteiger partial charge in [0.25, 0.3) is 0 Å². The first-order valence-electron chi connectivity index (χ1n) is 47.5. The van der Waals surface area contributed by atoms with E-state index in [1.54, 1.807) is 0 Å². The van der Waals surface area contributed by atoms with Crippen molar-refractivity contribution in [3.05, 3.63) is 550 Å². The molecule has 0 fully saturated rings. The van der Waals surface area contributed by atoms with Crippen LogP contribution in [0.4, 0.5) is 34.1 Å². The number of anilines is 6. The maximum absolute atomic E-state index is 7.31. The fourth-order valence-electron chi connectivity index (χ4n) is 26.0. The third-order valence-corrected chi connectivity index (χ3v) is 37.2. The maximum atomic E-state index is 7.31. The van der Waals surface area contributed by atoms with Gasteiger partial charge in [-0.1, -0.05) is 375 Å². The molecule has 31 rings (SSSR count). The van der Waals surface area contributed by atoms with Crippen molar-refractivity contribution in [3.63, 3.8) is 0 Å². The lowest BCUT2D eigenvalue weighted by atomic mass is 9.67. The Kier molecular flexibility index (Phi) is 16.4. The molecule has 3 nitrogen and oxygen atoms in total. The van der Waals surface area contributed by atoms with E-state index in [0.29, 0.717) is 0 Å². The fraction of sp³-hybridized carbons (Fsp3) is 0.0308. The highest BCUT2D eigenvalue weighted by molar-refractivity contribution is 8.00. The summed E-state index contributed by atoms with van der Waals surface area (Å²) < 4.78 is 9.84. The molecular weight excluding hydrogens is 1770 g/mol. The van der Waals surface area contributed by atoms with Gasteiger partial charge in [0.05, 0.1) is 27.3 Å². The van der Waals surface area contributed by atoms with Crippen molar-refractivity contribution in [2.24, 2.45) is 0 Å². The molecule has 0 radical (unpaired) electrons. The third kappa shape index (κ3) is 10.3. The normalized spacial score (nSPS) is 15.5. The van der Waals surface area contributed by atoms with E-state index in [9.17, 15) is 0 Å². The molecule has 4 spiro atoms. The molecule has 23 aromatic rings. The third-order valence-electron chi connectivity index (χ3n) is 31.3. The van der Waals surface area contributed by atoms with Crippen LogP contribution < -0.4 is 9.80 Å². The van der Waals surface area contributed by atoms with Crippen LogP contribution in [-0.2, 0) is 21.7 Å². The molecule has 0 bridgehead atoms. The van der Waals surface area contributed by atoms with Crippen LogP contribution in [0.3, 0.4) is 0 Å². The van der Waals surface area contributed by atoms with Crippen LogP contribution in [0.25, 0.3) is 109 Å². The van der Waals surface area contributed by atoms with E-state index >= 15 is 0 Å². The Bertz CT molecular complexity index is 8980. The summed E-state index contributed by atoms with van der Waals surface area (Å²) in [5.41, 5.74) is 41.1. The highest BCUT2D eigenvalue weighted by Gasteiger charge is 2.56. The first-order valence-corrected chi connectivity index (χ1v) is 51.5. The SMILES string of the molecule is c1ccc2c(c1)Sc1ccccc1C21c2ccccc2-c2ccc(N(c3ccc(-c4cccc5c4oc4ccc(-c6cccc7c6Sc6ccccc6C76c7ccccc7-c7ccc(N(c8ccc9c(c8)C8(c%10ccccc%10Sc%10ccccc%108)c8ccccc8-9)c8cccc9sc%10ccccc%10c89)cc76)cc45)cc3)c3ccc4c(c3)C3(c5ccccc5Sc5ccccc53)c3ccccc3-4)cc21. The molecule has 4 aliphatic carbocycles. The van der Waals surface area contributed by atoms with Gasteiger partial charge < -0.3 is 14.2 Å². The van der Waals surface area contributed by atoms with Gasteiger partial charge in [0, 0.05) is 104 Å². The van der Waals surface area contributed by atoms with E-state index in [1.807, 2.05) is 58.4 Å². The number of para-hydroxylation sites is 1. The first-order chi connectivity index (χ1) is 68.4. The number of rotatable bonds is 8. The molecule has 138 heavy (non-hydrogen) atoms. The molecule has 21 aromatic carbocycles. The number of hydrogen-bond donors (Lipinski definition) is 0. The Morgan fingerprint density at radius 1 is 0.188 bits per heavy atom. The zero-order chi connectivity index (χ0) is 90.0. The van der Waals surface area contributed by atoms with Crippen molar-refractivity contribution in [2.75, 3.05) is 9.80 Å². The van der Waals surface area contributed by atoms with Crippen molar-refractivity contribution in [1.82, 2.24) is 0 Å². The van der Waals surface area contributed by atoms with E-state index < -0.39 is 21.7 Å². The molecule has 0 N–H and O–H groups in total. The molecule has 1 unspecified atom stereocenters. The van der Waals surface area contributed by atoms with Crippen LogP contribution in [0.15, 0.2) is 505 Å². The average Bonchev–Trinajstić information content (AvgIpc) is 1.64. The van der Waals surface area contributed by atoms with Crippen LogP contribution in [0, 0.1) is 0 Å². The monoisotopic (exact) mass is 1840 g/mol. The van der Waals surface area contributed by atoms with Crippen LogP contribution >= 0.6 is 58.4 Å². The number of furan rings is 1. The molecular formula is C130H76N2OS5. The summed E-state index contributed by atoms with van der Waals surface area (Å²) in [5, 5.41) is 4.65. The summed E-state index contributed by atoms with van der Waals surface area (Å²) in [6, 6.07) is 177. The zero-order valence-corrected chi connectivity index (χ0v) is 78.3. The van der Waals surface area contributed by atoms with Gasteiger partial charge in [-0.2, -0.15) is 0 Å². The van der Waals surface area contributed by atoms with Crippen LogP contribution in [0.5, 0.6) is 0 Å². The minimum absolute atomic E-state index is 0.579. The summed E-state index contributed by atoms with van der Waals surface area (Å²) in [4.78, 5) is 15.3. The molecule has 8 heteroatoms. The van der Waals surface area contributed by atoms with Crippen molar-refractivity contribution < 1.29 is 4.42 Å². The summed E-state index contributed by atoms with van der Waals surface area (Å²) in [5.74, 6) is 0. The van der Waals surface area contributed by atoms with E-state index in [2.05, 4.69) is 471 Å². The summed E-state index contributed by atoms with van der Waals surface area (Å²) in [6.07, 6.45) is 0. The number of fused-ring (bicyclic) bond motifs is 42. The fourth-order valence-corrected chi connectivity index (χ4v) is 32.0. The Labute approximate surface area is 819 Å². The average molecular weight is 1840 g/mol. The molecule has 642 valence electrons. The quantitative estimate of drug-likeness (QED) is 0.149. The summed E-state index contributed by atoms with van der Waals surface area (Å²) in [7, 11) is 0. The smallest absolute Gasteiger partial charge is 0.143 e. The largest absolute Gasteiger partial charge is 0.455 e. The van der Waals surface area contributed by atoms with Crippen molar-refractivity contribution >= 4 is 135 Å². The minimum atomic E-state index is -0.734. The molecule has 2 aromatic heterocycles. The Balaban J connectivity index is 0.558. The highest BCUT2D eigenvalue weighted by Crippen LogP contribution is 2.70. The topological polar surface area (TPSA) is 19.6 Å². The predicted molar refractivity (Wildman–Crippen MR) is 573 cm³/mol. The van der Waals surface area contributed by atoms with Crippen LogP contribution in [0.2, 0.25) is 0 Å². The Morgan fingerprint density at radius 3 is 0.942 bits per heavy atom. The lowest BCUT2D eigenvalue weighted by molar-refractivity contribution is 0.670. The Morgan fingerprint density at radius 2 is 0.500 bits per heavy atom. The van der Waals surface area contributed by atoms with E-state index in [-0.39, 0.29) is 0 Å². The maximum Gasteiger partial charge on any atom is 0.143 e. The van der Waals surface area contributed by atoms with Gasteiger partial charge in [-0.15, -0.1) is 11.3 Å². The predicted octanol–water partition coefficient (Wildman–Crippen LogP) is 35.5.